The molecule has 1 aliphatic rings. The minimum Gasteiger partial charge on any atom is -0.349 e. The highest BCUT2D eigenvalue weighted by molar-refractivity contribution is 5.79. The van der Waals surface area contributed by atoms with Crippen molar-refractivity contribution in [3.05, 3.63) is 35.4 Å². The molecule has 0 aliphatic heterocycles. The molecule has 2 unspecified atom stereocenters. The predicted octanol–water partition coefficient (Wildman–Crippen LogP) is 2.55. The molecular weight excluding hydrogens is 236 g/mol. The number of nitrogens with two attached hydrogens (primary N) is 1. The van der Waals surface area contributed by atoms with E-state index < -0.39 is 0 Å². The van der Waals surface area contributed by atoms with E-state index in [-0.39, 0.29) is 17.9 Å². The maximum absolute atomic E-state index is 12.3. The molecule has 0 spiro atoms. The third kappa shape index (κ3) is 3.16. The van der Waals surface area contributed by atoms with E-state index in [1.54, 1.807) is 0 Å². The average Bonchev–Trinajstić information content (AvgIpc) is 2.87. The van der Waals surface area contributed by atoms with Crippen LogP contribution in [0.2, 0.25) is 0 Å². The molecule has 0 saturated heterocycles. The number of aryl methyl sites for hydroxylation is 1. The van der Waals surface area contributed by atoms with Gasteiger partial charge in [-0.3, -0.25) is 4.79 Å². The monoisotopic (exact) mass is 260 g/mol. The van der Waals surface area contributed by atoms with Crippen LogP contribution in [0.15, 0.2) is 24.3 Å². The molecule has 3 nitrogen and oxygen atoms in total. The van der Waals surface area contributed by atoms with Gasteiger partial charge in [-0.25, -0.2) is 0 Å². The number of benzene rings is 1. The van der Waals surface area contributed by atoms with E-state index in [1.807, 2.05) is 19.1 Å². The Kier molecular flexibility index (Phi) is 4.59. The van der Waals surface area contributed by atoms with Gasteiger partial charge in [-0.05, 0) is 50.3 Å². The van der Waals surface area contributed by atoms with E-state index in [4.69, 9.17) is 5.73 Å². The Hall–Kier alpha value is -1.35. The molecule has 0 bridgehead atoms. The van der Waals surface area contributed by atoms with Crippen LogP contribution in [-0.4, -0.2) is 12.5 Å². The summed E-state index contributed by atoms with van der Waals surface area (Å²) in [6, 6.07) is 8.26. The molecular formula is C16H24N2O. The minimum absolute atomic E-state index is 0.0627. The fraction of sp³-hybridized carbons (Fsp3) is 0.562. The molecule has 1 saturated carbocycles. The summed E-state index contributed by atoms with van der Waals surface area (Å²) < 4.78 is 0. The third-order valence-corrected chi connectivity index (χ3v) is 4.31. The van der Waals surface area contributed by atoms with Gasteiger partial charge >= 0.3 is 0 Å². The first kappa shape index (κ1) is 14.1. The third-order valence-electron chi connectivity index (χ3n) is 4.31. The Morgan fingerprint density at radius 3 is 2.84 bits per heavy atom. The number of carbonyl (C=O) groups excluding carboxylic acids is 1. The first-order chi connectivity index (χ1) is 9.13. The lowest BCUT2D eigenvalue weighted by Crippen LogP contribution is -2.36. The van der Waals surface area contributed by atoms with Crippen LogP contribution in [0.3, 0.4) is 0 Å². The van der Waals surface area contributed by atoms with Gasteiger partial charge in [0.05, 0.1) is 6.04 Å². The lowest BCUT2D eigenvalue weighted by Gasteiger charge is -2.22. The molecule has 0 heterocycles. The Balaban J connectivity index is 2.01. The standard InChI is InChI=1S/C16H24N2O/c1-11-6-3-4-8-14(11)12(2)18-16(19)15-9-5-7-13(15)10-17/h3-4,6,8,12-13,15H,5,7,9-10,17H2,1-2H3,(H,18,19)/t12-,13?,15?/m1/s1. The molecule has 2 rings (SSSR count). The number of hydrogen-bond acceptors (Lipinski definition) is 2. The minimum atomic E-state index is 0.0627. The summed E-state index contributed by atoms with van der Waals surface area (Å²) in [4.78, 5) is 12.3. The second-order valence-corrected chi connectivity index (χ2v) is 5.62. The second kappa shape index (κ2) is 6.20. The van der Waals surface area contributed by atoms with Crippen LogP contribution < -0.4 is 11.1 Å². The number of nitrogens with one attached hydrogen (secondary N) is 1. The summed E-state index contributed by atoms with van der Waals surface area (Å²) >= 11 is 0. The van der Waals surface area contributed by atoms with Crippen molar-refractivity contribution in [2.75, 3.05) is 6.54 Å². The highest BCUT2D eigenvalue weighted by Crippen LogP contribution is 2.31. The summed E-state index contributed by atoms with van der Waals surface area (Å²) in [5, 5.41) is 3.15. The molecule has 1 amide bonds. The van der Waals surface area contributed by atoms with Crippen molar-refractivity contribution in [2.24, 2.45) is 17.6 Å². The summed E-state index contributed by atoms with van der Waals surface area (Å²) in [5.74, 6) is 0.643. The zero-order valence-electron chi connectivity index (χ0n) is 11.9. The van der Waals surface area contributed by atoms with Crippen LogP contribution in [0.5, 0.6) is 0 Å². The number of rotatable bonds is 4. The first-order valence-corrected chi connectivity index (χ1v) is 7.19. The number of amides is 1. The van der Waals surface area contributed by atoms with Crippen LogP contribution in [0.1, 0.15) is 43.4 Å². The second-order valence-electron chi connectivity index (χ2n) is 5.62. The zero-order valence-corrected chi connectivity index (χ0v) is 11.9. The van der Waals surface area contributed by atoms with Crippen LogP contribution in [0.4, 0.5) is 0 Å². The summed E-state index contributed by atoms with van der Waals surface area (Å²) in [6.07, 6.45) is 3.19. The van der Waals surface area contributed by atoms with Gasteiger partial charge in [-0.1, -0.05) is 30.7 Å². The van der Waals surface area contributed by atoms with Gasteiger partial charge in [0.1, 0.15) is 0 Å². The molecule has 3 heteroatoms. The van der Waals surface area contributed by atoms with E-state index in [1.165, 1.54) is 11.1 Å². The van der Waals surface area contributed by atoms with Gasteiger partial charge in [0.15, 0.2) is 0 Å². The highest BCUT2D eigenvalue weighted by Gasteiger charge is 2.32. The maximum Gasteiger partial charge on any atom is 0.223 e. The summed E-state index contributed by atoms with van der Waals surface area (Å²) in [6.45, 7) is 4.75. The van der Waals surface area contributed by atoms with Crippen molar-refractivity contribution < 1.29 is 4.79 Å². The molecule has 1 fully saturated rings. The first-order valence-electron chi connectivity index (χ1n) is 7.19. The molecule has 3 atom stereocenters. The van der Waals surface area contributed by atoms with Crippen LogP contribution in [0, 0.1) is 18.8 Å². The van der Waals surface area contributed by atoms with Crippen molar-refractivity contribution >= 4 is 5.91 Å². The van der Waals surface area contributed by atoms with Gasteiger partial charge in [-0.2, -0.15) is 0 Å². The molecule has 0 radical (unpaired) electrons. The number of hydrogen-bond donors (Lipinski definition) is 2. The molecule has 3 N–H and O–H groups in total. The Bertz CT molecular complexity index is 444. The van der Waals surface area contributed by atoms with Crippen molar-refractivity contribution in [3.63, 3.8) is 0 Å². The molecule has 1 aliphatic carbocycles. The Morgan fingerprint density at radius 1 is 1.42 bits per heavy atom. The number of carbonyl (C=O) groups is 1. The maximum atomic E-state index is 12.3. The van der Waals surface area contributed by atoms with E-state index in [0.29, 0.717) is 12.5 Å². The van der Waals surface area contributed by atoms with E-state index in [9.17, 15) is 4.79 Å². The zero-order chi connectivity index (χ0) is 13.8. The van der Waals surface area contributed by atoms with Crippen molar-refractivity contribution in [3.8, 4) is 0 Å². The van der Waals surface area contributed by atoms with Gasteiger partial charge in [0, 0.05) is 5.92 Å². The predicted molar refractivity (Wildman–Crippen MR) is 77.6 cm³/mol. The normalized spacial score (nSPS) is 24.2. The van der Waals surface area contributed by atoms with Crippen LogP contribution in [-0.2, 0) is 4.79 Å². The van der Waals surface area contributed by atoms with E-state index in [0.717, 1.165) is 19.3 Å². The lowest BCUT2D eigenvalue weighted by molar-refractivity contribution is -0.126. The summed E-state index contributed by atoms with van der Waals surface area (Å²) in [5.41, 5.74) is 8.16. The highest BCUT2D eigenvalue weighted by atomic mass is 16.2. The van der Waals surface area contributed by atoms with E-state index >= 15 is 0 Å². The van der Waals surface area contributed by atoms with Gasteiger partial charge < -0.3 is 11.1 Å². The fourth-order valence-corrected chi connectivity index (χ4v) is 3.13. The molecule has 19 heavy (non-hydrogen) atoms. The molecule has 104 valence electrons. The SMILES string of the molecule is Cc1ccccc1[C@@H](C)NC(=O)C1CCCC1CN. The fourth-order valence-electron chi connectivity index (χ4n) is 3.13. The summed E-state index contributed by atoms with van der Waals surface area (Å²) in [7, 11) is 0. The molecule has 1 aromatic rings. The lowest BCUT2D eigenvalue weighted by atomic mass is 9.94. The van der Waals surface area contributed by atoms with Crippen LogP contribution >= 0.6 is 0 Å². The van der Waals surface area contributed by atoms with Gasteiger partial charge in [0.25, 0.3) is 0 Å². The van der Waals surface area contributed by atoms with Gasteiger partial charge in [-0.15, -0.1) is 0 Å². The van der Waals surface area contributed by atoms with Gasteiger partial charge in [0.2, 0.25) is 5.91 Å². The topological polar surface area (TPSA) is 55.1 Å². The Morgan fingerprint density at radius 2 is 2.16 bits per heavy atom. The Labute approximate surface area is 115 Å². The van der Waals surface area contributed by atoms with Crippen molar-refractivity contribution in [1.29, 1.82) is 0 Å². The van der Waals surface area contributed by atoms with Crippen LogP contribution in [0.25, 0.3) is 0 Å². The smallest absolute Gasteiger partial charge is 0.223 e. The van der Waals surface area contributed by atoms with Crippen molar-refractivity contribution in [2.45, 2.75) is 39.2 Å². The molecule has 0 aromatic heterocycles. The van der Waals surface area contributed by atoms with E-state index in [2.05, 4.69) is 24.4 Å². The quantitative estimate of drug-likeness (QED) is 0.874. The van der Waals surface area contributed by atoms with Crippen molar-refractivity contribution in [1.82, 2.24) is 5.32 Å². The average molecular weight is 260 g/mol. The molecule has 1 aromatic carbocycles. The largest absolute Gasteiger partial charge is 0.349 e.